The Morgan fingerprint density at radius 2 is 1.88 bits per heavy atom. The molecular formula is C26H27ClN2O4S. The number of benzene rings is 2. The lowest BCUT2D eigenvalue weighted by atomic mass is 9.83. The van der Waals surface area contributed by atoms with Gasteiger partial charge in [0.15, 0.2) is 0 Å². The largest absolute Gasteiger partial charge is 0.481 e. The van der Waals surface area contributed by atoms with Crippen LogP contribution in [0.1, 0.15) is 55.1 Å². The highest BCUT2D eigenvalue weighted by Gasteiger charge is 2.52. The molecule has 0 unspecified atom stereocenters. The number of fused-ring (bicyclic) bond motifs is 1. The Balaban J connectivity index is 1.60. The first-order valence-corrected chi connectivity index (χ1v) is 12.5. The first kappa shape index (κ1) is 24.2. The van der Waals surface area contributed by atoms with E-state index in [1.54, 1.807) is 21.9 Å². The fourth-order valence-electron chi connectivity index (χ4n) is 4.50. The monoisotopic (exact) mass is 498 g/mol. The van der Waals surface area contributed by atoms with E-state index < -0.39 is 11.5 Å². The Kier molecular flexibility index (Phi) is 6.96. The quantitative estimate of drug-likeness (QED) is 0.437. The minimum Gasteiger partial charge on any atom is -0.481 e. The highest BCUT2D eigenvalue weighted by molar-refractivity contribution is 7.17. The number of amides is 2. The Morgan fingerprint density at radius 3 is 2.53 bits per heavy atom. The Labute approximate surface area is 207 Å². The van der Waals surface area contributed by atoms with Gasteiger partial charge in [-0.05, 0) is 50.5 Å². The predicted molar refractivity (Wildman–Crippen MR) is 134 cm³/mol. The number of aliphatic carboxylic acids is 1. The van der Waals surface area contributed by atoms with Crippen molar-refractivity contribution >= 4 is 50.8 Å². The zero-order chi connectivity index (χ0) is 24.5. The standard InChI is InChI=1S/C26H27ClN2O4S/c1-17(18-9-11-19(27)12-10-18)28(14-5-8-23(30)31)25(33)26(2)13-15-29(26)24(32)21-16-34-22-7-4-3-6-20(21)22/h3-4,6-7,9-12,16-17H,5,8,13-15H2,1-2H3,(H,30,31)/t17-,26-/m1/s1. The summed E-state index contributed by atoms with van der Waals surface area (Å²) >= 11 is 7.55. The van der Waals surface area contributed by atoms with Gasteiger partial charge in [0.2, 0.25) is 5.91 Å². The van der Waals surface area contributed by atoms with Crippen molar-refractivity contribution in [2.45, 2.75) is 44.7 Å². The van der Waals surface area contributed by atoms with E-state index in [1.165, 1.54) is 11.3 Å². The molecule has 1 aliphatic heterocycles. The maximum atomic E-state index is 13.9. The van der Waals surface area contributed by atoms with Crippen molar-refractivity contribution in [3.8, 4) is 0 Å². The molecule has 2 heterocycles. The summed E-state index contributed by atoms with van der Waals surface area (Å²) in [7, 11) is 0. The average molecular weight is 499 g/mol. The SMILES string of the molecule is C[C@H](c1ccc(Cl)cc1)N(CCCC(=O)O)C(=O)[C@@]1(C)CCN1C(=O)c1csc2ccccc12. The second kappa shape index (κ2) is 9.76. The summed E-state index contributed by atoms with van der Waals surface area (Å²) in [6.07, 6.45) is 0.859. The molecule has 0 radical (unpaired) electrons. The van der Waals surface area contributed by atoms with Crippen LogP contribution in [0.25, 0.3) is 10.1 Å². The van der Waals surface area contributed by atoms with Crippen molar-refractivity contribution in [1.82, 2.24) is 9.80 Å². The van der Waals surface area contributed by atoms with Crippen LogP contribution in [0.3, 0.4) is 0 Å². The highest BCUT2D eigenvalue weighted by atomic mass is 35.5. The van der Waals surface area contributed by atoms with E-state index in [4.69, 9.17) is 16.7 Å². The molecule has 1 aliphatic rings. The van der Waals surface area contributed by atoms with Crippen LogP contribution in [0.5, 0.6) is 0 Å². The molecule has 1 saturated heterocycles. The van der Waals surface area contributed by atoms with Crippen molar-refractivity contribution in [3.05, 3.63) is 70.1 Å². The molecule has 2 atom stereocenters. The van der Waals surface area contributed by atoms with Crippen molar-refractivity contribution in [2.75, 3.05) is 13.1 Å². The number of nitrogens with zero attached hydrogens (tertiary/aromatic N) is 2. The van der Waals surface area contributed by atoms with Crippen molar-refractivity contribution in [3.63, 3.8) is 0 Å². The minimum atomic E-state index is -0.982. The topological polar surface area (TPSA) is 77.9 Å². The van der Waals surface area contributed by atoms with Crippen LogP contribution < -0.4 is 0 Å². The van der Waals surface area contributed by atoms with Gasteiger partial charge in [0.1, 0.15) is 5.54 Å². The third kappa shape index (κ3) is 4.55. The molecule has 178 valence electrons. The molecule has 1 aromatic heterocycles. The maximum absolute atomic E-state index is 13.9. The summed E-state index contributed by atoms with van der Waals surface area (Å²) in [6.45, 7) is 4.52. The lowest BCUT2D eigenvalue weighted by Gasteiger charge is -2.51. The number of likely N-dealkylation sites (tertiary alicyclic amines) is 1. The molecule has 2 aromatic carbocycles. The Hall–Kier alpha value is -2.90. The normalized spacial score (nSPS) is 18.4. The fourth-order valence-corrected chi connectivity index (χ4v) is 5.56. The third-order valence-electron chi connectivity index (χ3n) is 6.71. The number of carboxylic acids is 1. The molecule has 4 rings (SSSR count). The van der Waals surface area contributed by atoms with Crippen LogP contribution in [-0.2, 0) is 9.59 Å². The molecular weight excluding hydrogens is 472 g/mol. The number of rotatable bonds is 8. The minimum absolute atomic E-state index is 0.0304. The van der Waals surface area contributed by atoms with Crippen LogP contribution in [0.4, 0.5) is 0 Å². The van der Waals surface area contributed by atoms with Gasteiger partial charge in [-0.25, -0.2) is 0 Å². The smallest absolute Gasteiger partial charge is 0.303 e. The highest BCUT2D eigenvalue weighted by Crippen LogP contribution is 2.38. The summed E-state index contributed by atoms with van der Waals surface area (Å²) in [4.78, 5) is 41.9. The van der Waals surface area contributed by atoms with Crippen molar-refractivity contribution in [2.24, 2.45) is 0 Å². The van der Waals surface area contributed by atoms with E-state index in [1.807, 2.05) is 55.6 Å². The molecule has 6 nitrogen and oxygen atoms in total. The molecule has 3 aromatic rings. The molecule has 1 N–H and O–H groups in total. The lowest BCUT2D eigenvalue weighted by molar-refractivity contribution is -0.152. The van der Waals surface area contributed by atoms with Gasteiger partial charge in [-0.15, -0.1) is 11.3 Å². The number of thiophene rings is 1. The van der Waals surface area contributed by atoms with Gasteiger partial charge in [0, 0.05) is 40.0 Å². The summed E-state index contributed by atoms with van der Waals surface area (Å²) < 4.78 is 1.03. The first-order chi connectivity index (χ1) is 16.2. The molecule has 0 saturated carbocycles. The van der Waals surface area contributed by atoms with E-state index in [2.05, 4.69) is 0 Å². The molecule has 0 spiro atoms. The van der Waals surface area contributed by atoms with Crippen LogP contribution in [0.2, 0.25) is 5.02 Å². The van der Waals surface area contributed by atoms with Crippen LogP contribution in [0.15, 0.2) is 53.9 Å². The number of carbonyl (C=O) groups is 3. The third-order valence-corrected chi connectivity index (χ3v) is 7.92. The van der Waals surface area contributed by atoms with Crippen LogP contribution in [-0.4, -0.2) is 51.3 Å². The van der Waals surface area contributed by atoms with E-state index in [9.17, 15) is 14.4 Å². The number of hydrogen-bond acceptors (Lipinski definition) is 4. The van der Waals surface area contributed by atoms with Gasteiger partial charge in [-0.1, -0.05) is 41.9 Å². The molecule has 0 aliphatic carbocycles. The summed E-state index contributed by atoms with van der Waals surface area (Å²) in [5, 5.41) is 12.5. The van der Waals surface area contributed by atoms with Gasteiger partial charge in [-0.3, -0.25) is 14.4 Å². The lowest BCUT2D eigenvalue weighted by Crippen LogP contribution is -2.68. The maximum Gasteiger partial charge on any atom is 0.303 e. The molecule has 1 fully saturated rings. The number of hydrogen-bond donors (Lipinski definition) is 1. The molecule has 2 amide bonds. The molecule has 0 bridgehead atoms. The predicted octanol–water partition coefficient (Wildman–Crippen LogP) is 5.61. The average Bonchev–Trinajstić information content (AvgIpc) is 3.24. The van der Waals surface area contributed by atoms with E-state index >= 15 is 0 Å². The van der Waals surface area contributed by atoms with Gasteiger partial charge < -0.3 is 14.9 Å². The molecule has 8 heteroatoms. The zero-order valence-corrected chi connectivity index (χ0v) is 20.7. The second-order valence-electron chi connectivity index (χ2n) is 8.85. The van der Waals surface area contributed by atoms with Gasteiger partial charge in [0.25, 0.3) is 5.91 Å². The Bertz CT molecular complexity index is 1230. The van der Waals surface area contributed by atoms with Crippen molar-refractivity contribution in [1.29, 1.82) is 0 Å². The summed E-state index contributed by atoms with van der Waals surface area (Å²) in [6, 6.07) is 14.7. The van der Waals surface area contributed by atoms with Crippen molar-refractivity contribution < 1.29 is 19.5 Å². The van der Waals surface area contributed by atoms with Crippen LogP contribution in [0, 0.1) is 0 Å². The van der Waals surface area contributed by atoms with E-state index in [-0.39, 0.29) is 30.8 Å². The second-order valence-corrected chi connectivity index (χ2v) is 10.2. The number of halogens is 1. The molecule has 34 heavy (non-hydrogen) atoms. The van der Waals surface area contributed by atoms with Gasteiger partial charge in [-0.2, -0.15) is 0 Å². The number of carboxylic acid groups (broad SMARTS) is 1. The van der Waals surface area contributed by atoms with E-state index in [0.29, 0.717) is 30.0 Å². The summed E-state index contributed by atoms with van der Waals surface area (Å²) in [5.41, 5.74) is 0.532. The Morgan fingerprint density at radius 1 is 1.18 bits per heavy atom. The van der Waals surface area contributed by atoms with Gasteiger partial charge >= 0.3 is 5.97 Å². The fraction of sp³-hybridized carbons (Fsp3) is 0.346. The van der Waals surface area contributed by atoms with Crippen LogP contribution >= 0.6 is 22.9 Å². The van der Waals surface area contributed by atoms with Gasteiger partial charge in [0.05, 0.1) is 11.6 Å². The first-order valence-electron chi connectivity index (χ1n) is 11.3. The number of carbonyl (C=O) groups excluding carboxylic acids is 2. The summed E-state index contributed by atoms with van der Waals surface area (Å²) in [5.74, 6) is -1.22. The zero-order valence-electron chi connectivity index (χ0n) is 19.2. The van der Waals surface area contributed by atoms with E-state index in [0.717, 1.165) is 15.6 Å².